The van der Waals surface area contributed by atoms with Gasteiger partial charge in [-0.1, -0.05) is 18.2 Å². The van der Waals surface area contributed by atoms with Crippen LogP contribution < -0.4 is 4.72 Å². The summed E-state index contributed by atoms with van der Waals surface area (Å²) in [5, 5.41) is 0. The molecular weight excluding hydrogens is 409 g/mol. The van der Waals surface area contributed by atoms with E-state index < -0.39 is 27.7 Å². The molecule has 0 aliphatic rings. The highest BCUT2D eigenvalue weighted by Crippen LogP contribution is 2.32. The maximum atomic E-state index is 13.1. The van der Waals surface area contributed by atoms with Crippen molar-refractivity contribution in [2.45, 2.75) is 17.6 Å². The number of hydrogen-bond donors (Lipinski definition) is 1. The Hall–Kier alpha value is -2.43. The number of amides is 1. The predicted octanol–water partition coefficient (Wildman–Crippen LogP) is 2.90. The van der Waals surface area contributed by atoms with Crippen molar-refractivity contribution in [3.8, 4) is 0 Å². The van der Waals surface area contributed by atoms with E-state index >= 15 is 0 Å². The maximum Gasteiger partial charge on any atom is 0.416 e. The lowest BCUT2D eigenvalue weighted by atomic mass is 10.1. The predicted molar refractivity (Wildman–Crippen MR) is 101 cm³/mol. The van der Waals surface area contributed by atoms with Crippen LogP contribution in [-0.2, 0) is 27.5 Å². The topological polar surface area (TPSA) is 75.7 Å². The van der Waals surface area contributed by atoms with Gasteiger partial charge in [0.05, 0.1) is 17.1 Å². The van der Waals surface area contributed by atoms with E-state index in [1.165, 1.54) is 56.6 Å². The van der Waals surface area contributed by atoms with Crippen LogP contribution >= 0.6 is 0 Å². The average Bonchev–Trinajstić information content (AvgIpc) is 2.67. The van der Waals surface area contributed by atoms with Crippen LogP contribution in [0.25, 0.3) is 0 Å². The Balaban J connectivity index is 2.13. The number of hydrogen-bond acceptors (Lipinski definition) is 4. The first-order valence-corrected chi connectivity index (χ1v) is 10.0. The molecule has 0 aliphatic carbocycles. The molecule has 6 nitrogen and oxygen atoms in total. The van der Waals surface area contributed by atoms with Crippen molar-refractivity contribution in [3.05, 3.63) is 65.2 Å². The van der Waals surface area contributed by atoms with E-state index in [1.807, 2.05) is 0 Å². The minimum atomic E-state index is -4.52. The summed E-state index contributed by atoms with van der Waals surface area (Å²) in [5.74, 6) is -0.529. The Morgan fingerprint density at radius 2 is 1.72 bits per heavy atom. The third-order valence-corrected chi connectivity index (χ3v) is 5.56. The fourth-order valence-electron chi connectivity index (χ4n) is 2.62. The molecule has 0 atom stereocenters. The molecular formula is C19H21F3N2O4S. The number of rotatable bonds is 8. The SMILES string of the molecule is COCCNS(=O)(=O)c1ccc(C(=O)N(C)Cc2ccccc2C(F)(F)F)cc1. The summed E-state index contributed by atoms with van der Waals surface area (Å²) in [6, 6.07) is 10.2. The molecule has 0 bridgehead atoms. The van der Waals surface area contributed by atoms with Crippen molar-refractivity contribution in [2.75, 3.05) is 27.3 Å². The molecule has 2 aromatic carbocycles. The van der Waals surface area contributed by atoms with Crippen LogP contribution in [-0.4, -0.2) is 46.5 Å². The number of carbonyl (C=O) groups is 1. The zero-order valence-electron chi connectivity index (χ0n) is 15.9. The van der Waals surface area contributed by atoms with Crippen LogP contribution in [0.5, 0.6) is 0 Å². The van der Waals surface area contributed by atoms with Crippen molar-refractivity contribution in [1.29, 1.82) is 0 Å². The van der Waals surface area contributed by atoms with Gasteiger partial charge in [0.15, 0.2) is 0 Å². The van der Waals surface area contributed by atoms with Crippen LogP contribution in [0.4, 0.5) is 13.2 Å². The molecule has 2 rings (SSSR count). The lowest BCUT2D eigenvalue weighted by Crippen LogP contribution is -2.28. The van der Waals surface area contributed by atoms with Crippen molar-refractivity contribution in [3.63, 3.8) is 0 Å². The third-order valence-electron chi connectivity index (χ3n) is 4.09. The molecule has 10 heteroatoms. The molecule has 0 saturated heterocycles. The summed E-state index contributed by atoms with van der Waals surface area (Å²) in [5.41, 5.74) is -0.673. The second-order valence-electron chi connectivity index (χ2n) is 6.23. The highest BCUT2D eigenvalue weighted by atomic mass is 32.2. The van der Waals surface area contributed by atoms with E-state index in [-0.39, 0.29) is 35.7 Å². The molecule has 2 aromatic rings. The number of sulfonamides is 1. The standard InChI is InChI=1S/C19H21F3N2O4S/c1-24(13-15-5-3-4-6-17(15)19(20,21)22)18(25)14-7-9-16(10-8-14)29(26,27)23-11-12-28-2/h3-10,23H,11-13H2,1-2H3. The van der Waals surface area contributed by atoms with E-state index in [0.29, 0.717) is 0 Å². The van der Waals surface area contributed by atoms with Gasteiger partial charge in [0.2, 0.25) is 10.0 Å². The van der Waals surface area contributed by atoms with E-state index in [1.54, 1.807) is 0 Å². The second kappa shape index (κ2) is 9.38. The minimum absolute atomic E-state index is 0.0302. The van der Waals surface area contributed by atoms with Gasteiger partial charge in [-0.2, -0.15) is 13.2 Å². The fraction of sp³-hybridized carbons (Fsp3) is 0.316. The first-order valence-electron chi connectivity index (χ1n) is 8.55. The highest BCUT2D eigenvalue weighted by molar-refractivity contribution is 7.89. The van der Waals surface area contributed by atoms with Crippen LogP contribution in [0.15, 0.2) is 53.4 Å². The van der Waals surface area contributed by atoms with Crippen LogP contribution in [0.2, 0.25) is 0 Å². The van der Waals surface area contributed by atoms with Gasteiger partial charge in [-0.15, -0.1) is 0 Å². The van der Waals surface area contributed by atoms with Gasteiger partial charge in [0.1, 0.15) is 0 Å². The molecule has 158 valence electrons. The van der Waals surface area contributed by atoms with Crippen molar-refractivity contribution < 1.29 is 31.1 Å². The second-order valence-corrected chi connectivity index (χ2v) is 8.00. The Kier molecular flexibility index (Phi) is 7.39. The van der Waals surface area contributed by atoms with Crippen molar-refractivity contribution >= 4 is 15.9 Å². The molecule has 0 aliphatic heterocycles. The van der Waals surface area contributed by atoms with E-state index in [4.69, 9.17) is 4.74 Å². The van der Waals surface area contributed by atoms with Gasteiger partial charge >= 0.3 is 6.18 Å². The number of carbonyl (C=O) groups excluding carboxylic acids is 1. The number of nitrogens with one attached hydrogen (secondary N) is 1. The minimum Gasteiger partial charge on any atom is -0.383 e. The first-order chi connectivity index (χ1) is 13.6. The monoisotopic (exact) mass is 430 g/mol. The molecule has 1 amide bonds. The summed E-state index contributed by atoms with van der Waals surface area (Å²) in [6.07, 6.45) is -4.52. The zero-order chi connectivity index (χ0) is 21.7. The van der Waals surface area contributed by atoms with Gasteiger partial charge < -0.3 is 9.64 Å². The molecule has 0 heterocycles. The lowest BCUT2D eigenvalue weighted by Gasteiger charge is -2.20. The van der Waals surface area contributed by atoms with Gasteiger partial charge in [0.25, 0.3) is 5.91 Å². The van der Waals surface area contributed by atoms with Gasteiger partial charge in [-0.25, -0.2) is 13.1 Å². The fourth-order valence-corrected chi connectivity index (χ4v) is 3.63. The Morgan fingerprint density at radius 3 is 2.31 bits per heavy atom. The quantitative estimate of drug-likeness (QED) is 0.654. The molecule has 0 saturated carbocycles. The number of methoxy groups -OCH3 is 1. The molecule has 0 aromatic heterocycles. The van der Waals surface area contributed by atoms with Crippen molar-refractivity contribution in [2.24, 2.45) is 0 Å². The number of alkyl halides is 3. The molecule has 1 N–H and O–H groups in total. The first kappa shape index (κ1) is 22.9. The molecule has 29 heavy (non-hydrogen) atoms. The lowest BCUT2D eigenvalue weighted by molar-refractivity contribution is -0.138. The molecule has 0 unspecified atom stereocenters. The molecule has 0 radical (unpaired) electrons. The summed E-state index contributed by atoms with van der Waals surface area (Å²) in [7, 11) is -0.922. The summed E-state index contributed by atoms with van der Waals surface area (Å²) >= 11 is 0. The zero-order valence-corrected chi connectivity index (χ0v) is 16.7. The third kappa shape index (κ3) is 6.02. The van der Waals surface area contributed by atoms with E-state index in [0.717, 1.165) is 11.0 Å². The Labute approximate surface area is 167 Å². The largest absolute Gasteiger partial charge is 0.416 e. The van der Waals surface area contributed by atoms with Gasteiger partial charge in [-0.3, -0.25) is 4.79 Å². The highest BCUT2D eigenvalue weighted by Gasteiger charge is 2.33. The summed E-state index contributed by atoms with van der Waals surface area (Å²) in [4.78, 5) is 13.7. The van der Waals surface area contributed by atoms with Gasteiger partial charge in [-0.05, 0) is 35.9 Å². The number of benzene rings is 2. The Bertz CT molecular complexity index is 945. The molecule has 0 spiro atoms. The maximum absolute atomic E-state index is 13.1. The number of nitrogens with zero attached hydrogens (tertiary/aromatic N) is 1. The molecule has 0 fully saturated rings. The number of ether oxygens (including phenoxy) is 1. The number of halogens is 3. The summed E-state index contributed by atoms with van der Waals surface area (Å²) < 4.78 is 70.7. The van der Waals surface area contributed by atoms with Crippen LogP contribution in [0.3, 0.4) is 0 Å². The summed E-state index contributed by atoms with van der Waals surface area (Å²) in [6.45, 7) is 0.0635. The van der Waals surface area contributed by atoms with Crippen LogP contribution in [0.1, 0.15) is 21.5 Å². The van der Waals surface area contributed by atoms with Crippen molar-refractivity contribution in [1.82, 2.24) is 9.62 Å². The normalized spacial score (nSPS) is 12.0. The van der Waals surface area contributed by atoms with Gasteiger partial charge in [0, 0.05) is 32.8 Å². The van der Waals surface area contributed by atoms with Crippen LogP contribution in [0, 0.1) is 0 Å². The van der Waals surface area contributed by atoms with E-state index in [2.05, 4.69) is 4.72 Å². The average molecular weight is 430 g/mol. The smallest absolute Gasteiger partial charge is 0.383 e. The Morgan fingerprint density at radius 1 is 1.10 bits per heavy atom. The van der Waals surface area contributed by atoms with E-state index in [9.17, 15) is 26.4 Å².